The van der Waals surface area contributed by atoms with Gasteiger partial charge >= 0.3 is 5.97 Å². The molecule has 41 heavy (non-hydrogen) atoms. The molecule has 0 unspecified atom stereocenters. The summed E-state index contributed by atoms with van der Waals surface area (Å²) in [6, 6.07) is 9.51. The zero-order chi connectivity index (χ0) is 29.7. The lowest BCUT2D eigenvalue weighted by Crippen LogP contribution is -2.36. The number of Topliss-reactive ketones (excluding diaryl/α,β-unsaturated/α-hetero) is 1. The molecule has 220 valence electrons. The van der Waals surface area contributed by atoms with Crippen LogP contribution in [0.4, 0.5) is 0 Å². The number of carbonyl (C=O) groups excluding carboxylic acids is 2. The summed E-state index contributed by atoms with van der Waals surface area (Å²) in [5.41, 5.74) is 4.21. The number of allylic oxidation sites excluding steroid dienone is 3. The lowest BCUT2D eigenvalue weighted by atomic mass is 9.71. The van der Waals surface area contributed by atoms with Crippen molar-refractivity contribution in [3.05, 3.63) is 68.5 Å². The number of dihydropyridines is 1. The van der Waals surface area contributed by atoms with E-state index >= 15 is 0 Å². The molecule has 0 saturated carbocycles. The maximum atomic E-state index is 14.0. The van der Waals surface area contributed by atoms with Crippen LogP contribution in [0.1, 0.15) is 69.4 Å². The van der Waals surface area contributed by atoms with Crippen molar-refractivity contribution in [1.82, 2.24) is 5.32 Å². The summed E-state index contributed by atoms with van der Waals surface area (Å²) < 4.78 is 28.7. The standard InChI is InChI=1S/C32H38BrNO7/c1-7-9-12-41-32(36)28-18(3)34-23-14-20(19-10-11-25(37-4)26(16-19)38-5)15-24(35)30(23)29(28)21-13-22(33)31(39-6)27(17-21)40-8-2/h10-11,13,16-17,20,29,34H,7-9,12,14-15H2,1-6H3/t20-,29-/m0/s1. The minimum Gasteiger partial charge on any atom is -0.493 e. The molecule has 8 nitrogen and oxygen atoms in total. The van der Waals surface area contributed by atoms with Gasteiger partial charge in [0.1, 0.15) is 0 Å². The number of unbranched alkanes of at least 4 members (excludes halogenated alkanes) is 1. The SMILES string of the molecule is CCCCOC(=O)C1=C(C)NC2=C(C(=O)C[C@@H](c3ccc(OC)c(OC)c3)C2)[C@H]1c1cc(Br)c(OC)c(OCC)c1. The van der Waals surface area contributed by atoms with Gasteiger partial charge in [-0.2, -0.15) is 0 Å². The lowest BCUT2D eigenvalue weighted by Gasteiger charge is -2.37. The van der Waals surface area contributed by atoms with E-state index in [-0.39, 0.29) is 11.7 Å². The Bertz CT molecular complexity index is 1380. The number of ether oxygens (including phenoxy) is 5. The second-order valence-electron chi connectivity index (χ2n) is 10.1. The van der Waals surface area contributed by atoms with Gasteiger partial charge in [-0.15, -0.1) is 0 Å². The van der Waals surface area contributed by atoms with Crippen molar-refractivity contribution in [3.63, 3.8) is 0 Å². The third-order valence-electron chi connectivity index (χ3n) is 7.53. The van der Waals surface area contributed by atoms with Gasteiger partial charge in [0, 0.05) is 29.3 Å². The van der Waals surface area contributed by atoms with Gasteiger partial charge in [0.05, 0.1) is 44.6 Å². The summed E-state index contributed by atoms with van der Waals surface area (Å²) in [6.07, 6.45) is 2.55. The molecule has 0 bridgehead atoms. The predicted octanol–water partition coefficient (Wildman–Crippen LogP) is 6.58. The molecule has 1 aliphatic carbocycles. The molecule has 0 spiro atoms. The molecule has 4 rings (SSSR count). The highest BCUT2D eigenvalue weighted by molar-refractivity contribution is 9.10. The fourth-order valence-corrected chi connectivity index (χ4v) is 6.21. The van der Waals surface area contributed by atoms with Crippen molar-refractivity contribution in [1.29, 1.82) is 0 Å². The number of halogens is 1. The first-order valence-corrected chi connectivity index (χ1v) is 14.7. The minimum atomic E-state index is -0.624. The summed E-state index contributed by atoms with van der Waals surface area (Å²) in [4.78, 5) is 27.6. The average Bonchev–Trinajstić information content (AvgIpc) is 2.96. The third-order valence-corrected chi connectivity index (χ3v) is 8.12. The summed E-state index contributed by atoms with van der Waals surface area (Å²) >= 11 is 3.61. The van der Waals surface area contributed by atoms with E-state index in [0.29, 0.717) is 70.4 Å². The molecule has 1 N–H and O–H groups in total. The molecule has 0 fully saturated rings. The lowest BCUT2D eigenvalue weighted by molar-refractivity contribution is -0.139. The molecule has 2 atom stereocenters. The Kier molecular flexibility index (Phi) is 10.0. The second kappa shape index (κ2) is 13.5. The van der Waals surface area contributed by atoms with Crippen LogP contribution in [0.3, 0.4) is 0 Å². The summed E-state index contributed by atoms with van der Waals surface area (Å²) in [6.45, 7) is 6.54. The number of carbonyl (C=O) groups is 2. The first-order valence-electron chi connectivity index (χ1n) is 13.9. The van der Waals surface area contributed by atoms with Crippen molar-refractivity contribution in [2.75, 3.05) is 34.5 Å². The van der Waals surface area contributed by atoms with Crippen molar-refractivity contribution in [3.8, 4) is 23.0 Å². The van der Waals surface area contributed by atoms with Gasteiger partial charge in [-0.25, -0.2) is 4.79 Å². The van der Waals surface area contributed by atoms with Crippen LogP contribution in [0.15, 0.2) is 57.3 Å². The number of esters is 1. The Morgan fingerprint density at radius 1 is 0.976 bits per heavy atom. The van der Waals surface area contributed by atoms with Gasteiger partial charge < -0.3 is 29.0 Å². The van der Waals surface area contributed by atoms with E-state index in [0.717, 1.165) is 29.7 Å². The quantitative estimate of drug-likeness (QED) is 0.221. The molecule has 2 aromatic carbocycles. The number of hydrogen-bond donors (Lipinski definition) is 1. The summed E-state index contributed by atoms with van der Waals surface area (Å²) in [5, 5.41) is 3.41. The van der Waals surface area contributed by atoms with Crippen molar-refractivity contribution >= 4 is 27.7 Å². The van der Waals surface area contributed by atoms with E-state index in [2.05, 4.69) is 21.2 Å². The van der Waals surface area contributed by atoms with Crippen LogP contribution >= 0.6 is 15.9 Å². The van der Waals surface area contributed by atoms with E-state index in [1.54, 1.807) is 21.3 Å². The number of nitrogens with one attached hydrogen (secondary N) is 1. The van der Waals surface area contributed by atoms with Gasteiger partial charge in [-0.3, -0.25) is 4.79 Å². The predicted molar refractivity (Wildman–Crippen MR) is 160 cm³/mol. The van der Waals surface area contributed by atoms with E-state index < -0.39 is 11.9 Å². The number of hydrogen-bond acceptors (Lipinski definition) is 8. The number of rotatable bonds is 11. The largest absolute Gasteiger partial charge is 0.493 e. The van der Waals surface area contributed by atoms with Crippen LogP contribution in [0.25, 0.3) is 0 Å². The first-order chi connectivity index (χ1) is 19.8. The van der Waals surface area contributed by atoms with Crippen molar-refractivity contribution in [2.24, 2.45) is 0 Å². The number of benzene rings is 2. The topological polar surface area (TPSA) is 92.3 Å². The van der Waals surface area contributed by atoms with E-state index in [9.17, 15) is 9.59 Å². The van der Waals surface area contributed by atoms with Crippen molar-refractivity contribution < 1.29 is 33.3 Å². The highest BCUT2D eigenvalue weighted by atomic mass is 79.9. The molecule has 1 aliphatic heterocycles. The van der Waals surface area contributed by atoms with Gasteiger partial charge in [-0.1, -0.05) is 19.4 Å². The van der Waals surface area contributed by atoms with Crippen LogP contribution < -0.4 is 24.3 Å². The van der Waals surface area contributed by atoms with Crippen LogP contribution in [0.5, 0.6) is 23.0 Å². The first kappa shape index (κ1) is 30.5. The smallest absolute Gasteiger partial charge is 0.336 e. The van der Waals surface area contributed by atoms with Gasteiger partial charge in [0.2, 0.25) is 0 Å². The highest BCUT2D eigenvalue weighted by Crippen LogP contribution is 2.49. The van der Waals surface area contributed by atoms with Crippen molar-refractivity contribution in [2.45, 2.75) is 58.3 Å². The molecular formula is C32H38BrNO7. The molecule has 9 heteroatoms. The number of ketones is 1. The van der Waals surface area contributed by atoms with E-state index in [1.165, 1.54) is 0 Å². The van der Waals surface area contributed by atoms with Crippen LogP contribution in [-0.4, -0.2) is 46.3 Å². The zero-order valence-electron chi connectivity index (χ0n) is 24.5. The van der Waals surface area contributed by atoms with Crippen LogP contribution in [-0.2, 0) is 14.3 Å². The van der Waals surface area contributed by atoms with Crippen LogP contribution in [0.2, 0.25) is 0 Å². The molecule has 2 aliphatic rings. The Balaban J connectivity index is 1.82. The average molecular weight is 629 g/mol. The molecule has 2 aromatic rings. The second-order valence-corrected chi connectivity index (χ2v) is 10.9. The van der Waals surface area contributed by atoms with Gasteiger partial charge in [0.25, 0.3) is 0 Å². The maximum absolute atomic E-state index is 14.0. The molecule has 0 amide bonds. The molecule has 0 aromatic heterocycles. The Labute approximate surface area is 250 Å². The highest BCUT2D eigenvalue weighted by Gasteiger charge is 2.42. The maximum Gasteiger partial charge on any atom is 0.336 e. The Morgan fingerprint density at radius 3 is 2.37 bits per heavy atom. The summed E-state index contributed by atoms with van der Waals surface area (Å²) in [5.74, 6) is 1.18. The summed E-state index contributed by atoms with van der Waals surface area (Å²) in [7, 11) is 4.77. The van der Waals surface area contributed by atoms with E-state index in [4.69, 9.17) is 23.7 Å². The molecule has 1 heterocycles. The third kappa shape index (κ3) is 6.25. The number of methoxy groups -OCH3 is 3. The monoisotopic (exact) mass is 627 g/mol. The van der Waals surface area contributed by atoms with E-state index in [1.807, 2.05) is 51.1 Å². The molecule has 0 radical (unpaired) electrons. The van der Waals surface area contributed by atoms with Gasteiger partial charge in [-0.05, 0) is 83.9 Å². The fourth-order valence-electron chi connectivity index (χ4n) is 5.59. The Morgan fingerprint density at radius 2 is 1.71 bits per heavy atom. The molecule has 0 saturated heterocycles. The minimum absolute atomic E-state index is 0.0280. The zero-order valence-corrected chi connectivity index (χ0v) is 26.1. The molecular weight excluding hydrogens is 590 g/mol. The normalized spacial score (nSPS) is 18.5. The fraction of sp³-hybridized carbons (Fsp3) is 0.438. The van der Waals surface area contributed by atoms with Gasteiger partial charge in [0.15, 0.2) is 28.8 Å². The Hall–Kier alpha value is -3.46. The van der Waals surface area contributed by atoms with Crippen LogP contribution in [0, 0.1) is 0 Å².